The summed E-state index contributed by atoms with van der Waals surface area (Å²) in [6.07, 6.45) is -4.82. The first kappa shape index (κ1) is 11.0. The van der Waals surface area contributed by atoms with Crippen LogP contribution in [0.5, 0.6) is 0 Å². The minimum absolute atomic E-state index is 0.0329. The Balaban J connectivity index is 2.92. The molecule has 0 amide bonds. The molecule has 1 aromatic carbocycles. The number of benzene rings is 1. The molecule has 0 saturated carbocycles. The molecular formula is C10H4ClF3O2. The van der Waals surface area contributed by atoms with E-state index in [1.54, 1.807) is 0 Å². The van der Waals surface area contributed by atoms with Gasteiger partial charge in [0.25, 0.3) is 0 Å². The summed E-state index contributed by atoms with van der Waals surface area (Å²) in [5.41, 5.74) is -2.91. The van der Waals surface area contributed by atoms with Crippen LogP contribution in [0.25, 0.3) is 11.0 Å². The lowest BCUT2D eigenvalue weighted by molar-refractivity contribution is -0.139. The van der Waals surface area contributed by atoms with E-state index in [-0.39, 0.29) is 11.0 Å². The van der Waals surface area contributed by atoms with Crippen LogP contribution in [0, 0.1) is 0 Å². The van der Waals surface area contributed by atoms with Crippen LogP contribution >= 0.6 is 11.6 Å². The van der Waals surface area contributed by atoms with Crippen LogP contribution in [0.4, 0.5) is 13.2 Å². The average Bonchev–Trinajstić information content (AvgIpc) is 2.15. The number of hydrogen-bond acceptors (Lipinski definition) is 2. The topological polar surface area (TPSA) is 30.2 Å². The number of para-hydroxylation sites is 1. The number of hydrogen-bond donors (Lipinski definition) is 0. The number of rotatable bonds is 0. The highest BCUT2D eigenvalue weighted by atomic mass is 35.5. The minimum Gasteiger partial charge on any atom is -0.422 e. The van der Waals surface area contributed by atoms with Gasteiger partial charge in [0.2, 0.25) is 0 Å². The Labute approximate surface area is 92.2 Å². The SMILES string of the molecule is O=c1oc2ccccc2c(Cl)c1C(F)(F)F. The van der Waals surface area contributed by atoms with Crippen LogP contribution in [-0.4, -0.2) is 0 Å². The van der Waals surface area contributed by atoms with E-state index >= 15 is 0 Å². The third-order valence-electron chi connectivity index (χ3n) is 2.03. The summed E-state index contributed by atoms with van der Waals surface area (Å²) in [5.74, 6) is 0. The summed E-state index contributed by atoms with van der Waals surface area (Å²) >= 11 is 5.55. The van der Waals surface area contributed by atoms with Crippen molar-refractivity contribution in [2.75, 3.05) is 0 Å². The predicted molar refractivity (Wildman–Crippen MR) is 52.5 cm³/mol. The monoisotopic (exact) mass is 248 g/mol. The molecule has 84 valence electrons. The molecule has 0 aliphatic rings. The molecule has 0 atom stereocenters. The summed E-state index contributed by atoms with van der Waals surface area (Å²) in [6.45, 7) is 0. The molecule has 0 radical (unpaired) electrons. The van der Waals surface area contributed by atoms with Crippen molar-refractivity contribution < 1.29 is 17.6 Å². The first-order valence-electron chi connectivity index (χ1n) is 4.20. The van der Waals surface area contributed by atoms with E-state index in [4.69, 9.17) is 11.6 Å². The lowest BCUT2D eigenvalue weighted by Crippen LogP contribution is -2.19. The second-order valence-corrected chi connectivity index (χ2v) is 3.45. The van der Waals surface area contributed by atoms with Gasteiger partial charge in [0, 0.05) is 5.39 Å². The number of alkyl halides is 3. The molecule has 0 fully saturated rings. The van der Waals surface area contributed by atoms with E-state index in [0.717, 1.165) is 0 Å². The third kappa shape index (κ3) is 1.67. The molecule has 0 spiro atoms. The van der Waals surface area contributed by atoms with Gasteiger partial charge in [-0.2, -0.15) is 13.2 Å². The van der Waals surface area contributed by atoms with Crippen molar-refractivity contribution in [1.82, 2.24) is 0 Å². The van der Waals surface area contributed by atoms with Crippen LogP contribution < -0.4 is 5.63 Å². The molecule has 0 bridgehead atoms. The molecule has 2 aromatic rings. The Morgan fingerprint density at radius 3 is 2.44 bits per heavy atom. The van der Waals surface area contributed by atoms with Crippen molar-refractivity contribution in [2.24, 2.45) is 0 Å². The lowest BCUT2D eigenvalue weighted by atomic mass is 10.2. The maximum absolute atomic E-state index is 12.5. The van der Waals surface area contributed by atoms with Crippen molar-refractivity contribution >= 4 is 22.6 Å². The molecule has 2 rings (SSSR count). The number of halogens is 4. The van der Waals surface area contributed by atoms with Gasteiger partial charge in [-0.1, -0.05) is 23.7 Å². The summed E-state index contributed by atoms with van der Waals surface area (Å²) in [5, 5.41) is -0.560. The first-order valence-corrected chi connectivity index (χ1v) is 4.57. The van der Waals surface area contributed by atoms with Gasteiger partial charge >= 0.3 is 11.8 Å². The second kappa shape index (κ2) is 3.52. The van der Waals surface area contributed by atoms with Crippen LogP contribution in [0.2, 0.25) is 5.02 Å². The summed E-state index contributed by atoms with van der Waals surface area (Å²) in [4.78, 5) is 11.1. The van der Waals surface area contributed by atoms with Gasteiger partial charge in [0.05, 0.1) is 5.02 Å². The van der Waals surface area contributed by atoms with E-state index in [9.17, 15) is 18.0 Å². The molecule has 6 heteroatoms. The predicted octanol–water partition coefficient (Wildman–Crippen LogP) is 3.47. The number of fused-ring (bicyclic) bond motifs is 1. The van der Waals surface area contributed by atoms with Crippen molar-refractivity contribution in [2.45, 2.75) is 6.18 Å². The molecular weight excluding hydrogens is 245 g/mol. The van der Waals surface area contributed by atoms with E-state index in [1.807, 2.05) is 0 Å². The van der Waals surface area contributed by atoms with Crippen molar-refractivity contribution in [1.29, 1.82) is 0 Å². The van der Waals surface area contributed by atoms with E-state index in [2.05, 4.69) is 4.42 Å². The Morgan fingerprint density at radius 1 is 1.19 bits per heavy atom. The molecule has 16 heavy (non-hydrogen) atoms. The Morgan fingerprint density at radius 2 is 1.81 bits per heavy atom. The zero-order valence-corrected chi connectivity index (χ0v) is 8.39. The fourth-order valence-electron chi connectivity index (χ4n) is 1.35. The average molecular weight is 249 g/mol. The van der Waals surface area contributed by atoms with Crippen LogP contribution in [0.15, 0.2) is 33.5 Å². The van der Waals surface area contributed by atoms with Gasteiger partial charge in [-0.25, -0.2) is 4.79 Å². The van der Waals surface area contributed by atoms with Crippen molar-refractivity contribution in [3.63, 3.8) is 0 Å². The van der Waals surface area contributed by atoms with Gasteiger partial charge in [0.15, 0.2) is 5.56 Å². The zero-order valence-electron chi connectivity index (χ0n) is 7.64. The summed E-state index contributed by atoms with van der Waals surface area (Å²) in [7, 11) is 0. The standard InChI is InChI=1S/C10H4ClF3O2/c11-8-5-3-1-2-4-6(5)16-9(15)7(8)10(12,13)14/h1-4H. The van der Waals surface area contributed by atoms with E-state index in [1.165, 1.54) is 24.3 Å². The first-order chi connectivity index (χ1) is 7.41. The molecule has 0 unspecified atom stereocenters. The Hall–Kier alpha value is -1.49. The molecule has 0 aliphatic heterocycles. The lowest BCUT2D eigenvalue weighted by Gasteiger charge is -2.08. The van der Waals surface area contributed by atoms with Crippen LogP contribution in [0.3, 0.4) is 0 Å². The summed E-state index contributed by atoms with van der Waals surface area (Å²) in [6, 6.07) is 5.78. The van der Waals surface area contributed by atoms with Gasteiger partial charge < -0.3 is 4.42 Å². The normalized spacial score (nSPS) is 12.0. The van der Waals surface area contributed by atoms with Gasteiger partial charge in [-0.15, -0.1) is 0 Å². The Bertz CT molecular complexity index is 601. The van der Waals surface area contributed by atoms with E-state index in [0.29, 0.717) is 0 Å². The quantitative estimate of drug-likeness (QED) is 0.668. The fourth-order valence-corrected chi connectivity index (χ4v) is 1.69. The maximum Gasteiger partial charge on any atom is 0.424 e. The van der Waals surface area contributed by atoms with Crippen LogP contribution in [0.1, 0.15) is 5.56 Å². The maximum atomic E-state index is 12.5. The van der Waals surface area contributed by atoms with Crippen LogP contribution in [-0.2, 0) is 6.18 Å². The molecule has 1 heterocycles. The highest BCUT2D eigenvalue weighted by molar-refractivity contribution is 6.36. The largest absolute Gasteiger partial charge is 0.424 e. The van der Waals surface area contributed by atoms with Gasteiger partial charge in [-0.3, -0.25) is 0 Å². The molecule has 0 N–H and O–H groups in total. The minimum atomic E-state index is -4.82. The second-order valence-electron chi connectivity index (χ2n) is 3.07. The summed E-state index contributed by atoms with van der Waals surface area (Å²) < 4.78 is 42.0. The molecule has 0 aliphatic carbocycles. The molecule has 2 nitrogen and oxygen atoms in total. The highest BCUT2D eigenvalue weighted by Gasteiger charge is 2.38. The molecule has 1 aromatic heterocycles. The van der Waals surface area contributed by atoms with Crippen molar-refractivity contribution in [3.05, 3.63) is 45.3 Å². The van der Waals surface area contributed by atoms with Crippen molar-refractivity contribution in [3.8, 4) is 0 Å². The highest BCUT2D eigenvalue weighted by Crippen LogP contribution is 2.35. The fraction of sp³-hybridized carbons (Fsp3) is 0.100. The smallest absolute Gasteiger partial charge is 0.422 e. The molecule has 0 saturated heterocycles. The zero-order chi connectivity index (χ0) is 11.9. The van der Waals surface area contributed by atoms with E-state index < -0.39 is 22.4 Å². The Kier molecular flexibility index (Phi) is 2.42. The van der Waals surface area contributed by atoms with Gasteiger partial charge in [0.1, 0.15) is 5.58 Å². The van der Waals surface area contributed by atoms with Gasteiger partial charge in [-0.05, 0) is 12.1 Å². The third-order valence-corrected chi connectivity index (χ3v) is 2.43.